The van der Waals surface area contributed by atoms with Crippen molar-refractivity contribution in [2.75, 3.05) is 29.9 Å². The lowest BCUT2D eigenvalue weighted by Gasteiger charge is -2.22. The van der Waals surface area contributed by atoms with Crippen LogP contribution in [0.2, 0.25) is 0 Å². The second kappa shape index (κ2) is 8.82. The monoisotopic (exact) mass is 494 g/mol. The molecule has 13 heteroatoms. The van der Waals surface area contributed by atoms with E-state index in [1.807, 2.05) is 0 Å². The number of rotatable bonds is 4. The van der Waals surface area contributed by atoms with Crippen molar-refractivity contribution >= 4 is 27.3 Å². The molecule has 0 radical (unpaired) electrons. The number of halogens is 3. The molecule has 2 heterocycles. The van der Waals surface area contributed by atoms with E-state index in [0.717, 1.165) is 28.6 Å². The van der Waals surface area contributed by atoms with Crippen LogP contribution in [-0.2, 0) is 16.2 Å². The maximum absolute atomic E-state index is 13.4. The fourth-order valence-corrected chi connectivity index (χ4v) is 4.90. The van der Waals surface area contributed by atoms with Gasteiger partial charge in [-0.15, -0.1) is 0 Å². The average molecular weight is 494 g/mol. The molecule has 3 aromatic rings. The van der Waals surface area contributed by atoms with Gasteiger partial charge < -0.3 is 14.8 Å². The van der Waals surface area contributed by atoms with Gasteiger partial charge in [-0.05, 0) is 42.5 Å². The van der Waals surface area contributed by atoms with Crippen LogP contribution in [0.1, 0.15) is 16.1 Å². The van der Waals surface area contributed by atoms with Crippen LogP contribution in [0, 0.1) is 0 Å². The Kier molecular flexibility index (Phi) is 6.04. The number of carbonyl (C=O) groups excluding carboxylic acids is 1. The van der Waals surface area contributed by atoms with Gasteiger partial charge in [0.1, 0.15) is 17.3 Å². The van der Waals surface area contributed by atoms with Gasteiger partial charge in [0.2, 0.25) is 5.88 Å². The van der Waals surface area contributed by atoms with Gasteiger partial charge in [-0.1, -0.05) is 0 Å². The number of nitrogens with one attached hydrogen (secondary N) is 1. The van der Waals surface area contributed by atoms with Gasteiger partial charge >= 0.3 is 6.18 Å². The van der Waals surface area contributed by atoms with E-state index < -0.39 is 27.7 Å². The van der Waals surface area contributed by atoms with Gasteiger partial charge in [-0.25, -0.2) is 18.4 Å². The highest BCUT2D eigenvalue weighted by atomic mass is 32.2. The number of aromatic nitrogens is 2. The summed E-state index contributed by atoms with van der Waals surface area (Å²) in [7, 11) is -2.91. The Balaban J connectivity index is 1.66. The van der Waals surface area contributed by atoms with E-state index >= 15 is 0 Å². The first-order valence-electron chi connectivity index (χ1n) is 9.74. The van der Waals surface area contributed by atoms with Crippen LogP contribution in [-0.4, -0.2) is 44.6 Å². The summed E-state index contributed by atoms with van der Waals surface area (Å²) < 4.78 is 76.9. The molecule has 0 saturated heterocycles. The van der Waals surface area contributed by atoms with Crippen molar-refractivity contribution in [2.24, 2.45) is 0 Å². The Bertz CT molecular complexity index is 1330. The van der Waals surface area contributed by atoms with Gasteiger partial charge in [0.05, 0.1) is 24.9 Å². The molecular formula is C21H17F3N4O5S. The molecule has 1 aliphatic heterocycles. The zero-order valence-electron chi connectivity index (χ0n) is 17.5. The van der Waals surface area contributed by atoms with Crippen LogP contribution >= 0.6 is 0 Å². The Morgan fingerprint density at radius 2 is 1.82 bits per heavy atom. The zero-order valence-corrected chi connectivity index (χ0v) is 18.4. The van der Waals surface area contributed by atoms with Gasteiger partial charge in [0.15, 0.2) is 5.69 Å². The molecule has 1 aliphatic rings. The van der Waals surface area contributed by atoms with Gasteiger partial charge in [-0.3, -0.25) is 9.10 Å². The number of benzene rings is 2. The number of nitrogens with zero attached hydrogens (tertiary/aromatic N) is 3. The van der Waals surface area contributed by atoms with Crippen molar-refractivity contribution in [3.05, 3.63) is 66.1 Å². The zero-order chi connectivity index (χ0) is 24.5. The number of amides is 1. The minimum absolute atomic E-state index is 0.0146. The first-order chi connectivity index (χ1) is 16.1. The maximum atomic E-state index is 13.4. The number of hydrogen-bond acceptors (Lipinski definition) is 7. The summed E-state index contributed by atoms with van der Waals surface area (Å²) in [6.07, 6.45) is -1.91. The van der Waals surface area contributed by atoms with Crippen LogP contribution in [0.25, 0.3) is 0 Å². The molecule has 4 rings (SSSR count). The van der Waals surface area contributed by atoms with E-state index in [1.165, 1.54) is 37.7 Å². The van der Waals surface area contributed by atoms with E-state index in [0.29, 0.717) is 0 Å². The van der Waals surface area contributed by atoms with Crippen molar-refractivity contribution < 1.29 is 35.9 Å². The highest BCUT2D eigenvalue weighted by molar-refractivity contribution is 7.93. The van der Waals surface area contributed by atoms with E-state index in [4.69, 9.17) is 9.47 Å². The van der Waals surface area contributed by atoms with E-state index in [9.17, 15) is 26.4 Å². The molecule has 0 spiro atoms. The number of carbonyl (C=O) groups is 1. The standard InChI is InChI=1S/C21H17F3N4O5S/c1-32-20-18(25-8-9-26-20)19(29)27-14-4-7-16-17(12-14)34(30,31)28(10-11-33-16)15-5-2-13(3-6-15)21(22,23)24/h2-9,12H,10-11H2,1H3,(H,27,29). The predicted molar refractivity (Wildman–Crippen MR) is 114 cm³/mol. The van der Waals surface area contributed by atoms with E-state index in [2.05, 4.69) is 15.3 Å². The molecule has 0 aliphatic carbocycles. The molecule has 2 aromatic carbocycles. The summed E-state index contributed by atoms with van der Waals surface area (Å²) in [6.45, 7) is -0.156. The molecule has 178 valence electrons. The summed E-state index contributed by atoms with van der Waals surface area (Å²) in [5.74, 6) is -0.653. The third kappa shape index (κ3) is 4.46. The normalized spacial score (nSPS) is 15.0. The Morgan fingerprint density at radius 1 is 1.12 bits per heavy atom. The topological polar surface area (TPSA) is 111 Å². The molecule has 1 N–H and O–H groups in total. The van der Waals surface area contributed by atoms with Crippen LogP contribution in [0.3, 0.4) is 0 Å². The molecular weight excluding hydrogens is 477 g/mol. The van der Waals surface area contributed by atoms with E-state index in [1.54, 1.807) is 0 Å². The number of hydrogen-bond donors (Lipinski definition) is 1. The molecule has 34 heavy (non-hydrogen) atoms. The third-order valence-corrected chi connectivity index (χ3v) is 6.73. The van der Waals surface area contributed by atoms with Gasteiger partial charge in [0, 0.05) is 18.1 Å². The molecule has 0 bridgehead atoms. The molecule has 1 aromatic heterocycles. The second-order valence-corrected chi connectivity index (χ2v) is 8.83. The van der Waals surface area contributed by atoms with Crippen molar-refractivity contribution in [1.82, 2.24) is 9.97 Å². The van der Waals surface area contributed by atoms with E-state index in [-0.39, 0.29) is 46.7 Å². The SMILES string of the molecule is COc1nccnc1C(=O)Nc1ccc2c(c1)S(=O)(=O)N(c1ccc(C(F)(F)F)cc1)CCO2. The molecule has 0 saturated carbocycles. The minimum atomic E-state index is -4.55. The van der Waals surface area contributed by atoms with Crippen LogP contribution in [0.15, 0.2) is 59.8 Å². The smallest absolute Gasteiger partial charge is 0.416 e. The molecule has 0 fully saturated rings. The summed E-state index contributed by atoms with van der Waals surface area (Å²) in [5.41, 5.74) is -0.837. The highest BCUT2D eigenvalue weighted by Crippen LogP contribution is 2.36. The molecule has 1 amide bonds. The van der Waals surface area contributed by atoms with Crippen LogP contribution in [0.5, 0.6) is 11.6 Å². The largest absolute Gasteiger partial charge is 0.490 e. The highest BCUT2D eigenvalue weighted by Gasteiger charge is 2.34. The summed E-state index contributed by atoms with van der Waals surface area (Å²) in [6, 6.07) is 7.81. The predicted octanol–water partition coefficient (Wildman–Crippen LogP) is 3.34. The first-order valence-corrected chi connectivity index (χ1v) is 11.2. The molecule has 0 atom stereocenters. The number of ether oxygens (including phenoxy) is 2. The minimum Gasteiger partial charge on any atom is -0.490 e. The van der Waals surface area contributed by atoms with Crippen molar-refractivity contribution in [2.45, 2.75) is 11.1 Å². The van der Waals surface area contributed by atoms with Crippen molar-refractivity contribution in [3.8, 4) is 11.6 Å². The fraction of sp³-hybridized carbons (Fsp3) is 0.190. The number of methoxy groups -OCH3 is 1. The lowest BCUT2D eigenvalue weighted by Crippen LogP contribution is -2.32. The first kappa shape index (κ1) is 23.3. The van der Waals surface area contributed by atoms with Crippen LogP contribution in [0.4, 0.5) is 24.5 Å². The number of fused-ring (bicyclic) bond motifs is 1. The van der Waals surface area contributed by atoms with Gasteiger partial charge in [0.25, 0.3) is 15.9 Å². The second-order valence-electron chi connectivity index (χ2n) is 7.00. The Hall–Kier alpha value is -3.87. The number of sulfonamides is 1. The van der Waals surface area contributed by atoms with Crippen LogP contribution < -0.4 is 19.1 Å². The van der Waals surface area contributed by atoms with Gasteiger partial charge in [-0.2, -0.15) is 13.2 Å². The fourth-order valence-electron chi connectivity index (χ4n) is 3.29. The quantitative estimate of drug-likeness (QED) is 0.592. The lowest BCUT2D eigenvalue weighted by molar-refractivity contribution is -0.137. The Morgan fingerprint density at radius 3 is 2.50 bits per heavy atom. The van der Waals surface area contributed by atoms with Crippen molar-refractivity contribution in [3.63, 3.8) is 0 Å². The van der Waals surface area contributed by atoms with Crippen molar-refractivity contribution in [1.29, 1.82) is 0 Å². The third-order valence-electron chi connectivity index (χ3n) is 4.88. The Labute approximate surface area is 192 Å². The average Bonchev–Trinajstić information content (AvgIpc) is 2.94. The summed E-state index contributed by atoms with van der Waals surface area (Å²) in [5, 5.41) is 2.53. The maximum Gasteiger partial charge on any atom is 0.416 e. The molecule has 9 nitrogen and oxygen atoms in total. The summed E-state index contributed by atoms with van der Waals surface area (Å²) in [4.78, 5) is 20.2. The number of anilines is 2. The number of alkyl halides is 3. The molecule has 0 unspecified atom stereocenters. The lowest BCUT2D eigenvalue weighted by atomic mass is 10.2. The summed E-state index contributed by atoms with van der Waals surface area (Å²) >= 11 is 0.